The number of amides is 2. The Hall–Kier alpha value is -1.59. The molecule has 0 radical (unpaired) electrons. The molecule has 1 aromatic rings. The van der Waals surface area contributed by atoms with E-state index < -0.39 is 0 Å². The summed E-state index contributed by atoms with van der Waals surface area (Å²) in [6, 6.07) is 4.84. The first kappa shape index (κ1) is 13.8. The fourth-order valence-corrected chi connectivity index (χ4v) is 2.27. The van der Waals surface area contributed by atoms with E-state index in [1.807, 2.05) is 0 Å². The third kappa shape index (κ3) is 2.72. The molecule has 1 atom stereocenters. The van der Waals surface area contributed by atoms with Crippen molar-refractivity contribution >= 4 is 29.1 Å². The van der Waals surface area contributed by atoms with Gasteiger partial charge in [0, 0.05) is 38.8 Å². The summed E-state index contributed by atoms with van der Waals surface area (Å²) in [6.07, 6.45) is 0.333. The van der Waals surface area contributed by atoms with Crippen LogP contribution < -0.4 is 10.6 Å². The van der Waals surface area contributed by atoms with Crippen LogP contribution in [-0.2, 0) is 4.79 Å². The maximum Gasteiger partial charge on any atom is 0.254 e. The third-order valence-corrected chi connectivity index (χ3v) is 3.38. The molecule has 6 heteroatoms. The van der Waals surface area contributed by atoms with Gasteiger partial charge in [-0.3, -0.25) is 9.59 Å². The Morgan fingerprint density at radius 2 is 2.16 bits per heavy atom. The van der Waals surface area contributed by atoms with Crippen molar-refractivity contribution in [2.24, 2.45) is 5.73 Å². The standard InChI is InChI=1S/C13H16ClN3O2/c1-16(2)13(19)10-6-9(3-4-11(10)14)17-7-8(15)5-12(17)18/h3-4,6,8H,5,7,15H2,1-2H3. The minimum absolute atomic E-state index is 0.0296. The number of hydrogen-bond acceptors (Lipinski definition) is 3. The highest BCUT2D eigenvalue weighted by Gasteiger charge is 2.28. The first-order valence-electron chi connectivity index (χ1n) is 5.97. The summed E-state index contributed by atoms with van der Waals surface area (Å²) < 4.78 is 0. The average Bonchev–Trinajstić information content (AvgIpc) is 2.68. The maximum atomic E-state index is 12.0. The Morgan fingerprint density at radius 1 is 1.47 bits per heavy atom. The van der Waals surface area contributed by atoms with Crippen LogP contribution in [0.2, 0.25) is 5.02 Å². The second kappa shape index (κ2) is 5.19. The van der Waals surface area contributed by atoms with Crippen LogP contribution in [0.3, 0.4) is 0 Å². The molecule has 1 unspecified atom stereocenters. The highest BCUT2D eigenvalue weighted by Crippen LogP contribution is 2.27. The van der Waals surface area contributed by atoms with Crippen molar-refractivity contribution < 1.29 is 9.59 Å². The number of rotatable bonds is 2. The minimum Gasteiger partial charge on any atom is -0.345 e. The van der Waals surface area contributed by atoms with Gasteiger partial charge in [0.15, 0.2) is 0 Å². The van der Waals surface area contributed by atoms with Gasteiger partial charge >= 0.3 is 0 Å². The van der Waals surface area contributed by atoms with Crippen LogP contribution >= 0.6 is 11.6 Å². The predicted molar refractivity (Wildman–Crippen MR) is 74.4 cm³/mol. The number of benzene rings is 1. The molecule has 1 aliphatic heterocycles. The molecule has 0 saturated carbocycles. The molecule has 1 saturated heterocycles. The molecule has 102 valence electrons. The Morgan fingerprint density at radius 3 is 2.68 bits per heavy atom. The molecule has 0 aliphatic carbocycles. The zero-order valence-electron chi connectivity index (χ0n) is 10.9. The second-order valence-electron chi connectivity index (χ2n) is 4.83. The van der Waals surface area contributed by atoms with Gasteiger partial charge in [-0.05, 0) is 18.2 Å². The number of carbonyl (C=O) groups excluding carboxylic acids is 2. The van der Waals surface area contributed by atoms with Gasteiger partial charge in [-0.2, -0.15) is 0 Å². The van der Waals surface area contributed by atoms with Crippen molar-refractivity contribution in [2.75, 3.05) is 25.5 Å². The molecular weight excluding hydrogens is 266 g/mol. The highest BCUT2D eigenvalue weighted by atomic mass is 35.5. The zero-order chi connectivity index (χ0) is 14.2. The van der Waals surface area contributed by atoms with Crippen LogP contribution in [0.5, 0.6) is 0 Å². The van der Waals surface area contributed by atoms with E-state index in [9.17, 15) is 9.59 Å². The van der Waals surface area contributed by atoms with Gasteiger partial charge in [-0.1, -0.05) is 11.6 Å². The van der Waals surface area contributed by atoms with Crippen molar-refractivity contribution in [3.8, 4) is 0 Å². The van der Waals surface area contributed by atoms with Crippen LogP contribution in [0.4, 0.5) is 5.69 Å². The van der Waals surface area contributed by atoms with Gasteiger partial charge in [-0.25, -0.2) is 0 Å². The van der Waals surface area contributed by atoms with Gasteiger partial charge in [0.25, 0.3) is 5.91 Å². The predicted octanol–water partition coefficient (Wildman–Crippen LogP) is 1.11. The fraction of sp³-hybridized carbons (Fsp3) is 0.385. The monoisotopic (exact) mass is 281 g/mol. The first-order chi connectivity index (χ1) is 8.90. The van der Waals surface area contributed by atoms with E-state index in [1.165, 1.54) is 4.90 Å². The fourth-order valence-electron chi connectivity index (χ4n) is 2.07. The maximum absolute atomic E-state index is 12.0. The van der Waals surface area contributed by atoms with Crippen LogP contribution in [0.1, 0.15) is 16.8 Å². The molecule has 2 amide bonds. The van der Waals surface area contributed by atoms with Gasteiger partial charge in [-0.15, -0.1) is 0 Å². The lowest BCUT2D eigenvalue weighted by atomic mass is 10.1. The van der Waals surface area contributed by atoms with Gasteiger partial charge in [0.2, 0.25) is 5.91 Å². The molecule has 2 N–H and O–H groups in total. The summed E-state index contributed by atoms with van der Waals surface area (Å²) >= 11 is 6.03. The number of nitrogens with zero attached hydrogens (tertiary/aromatic N) is 2. The van der Waals surface area contributed by atoms with Gasteiger partial charge in [0.05, 0.1) is 10.6 Å². The minimum atomic E-state index is -0.192. The second-order valence-corrected chi connectivity index (χ2v) is 5.24. The van der Waals surface area contributed by atoms with Crippen LogP contribution in [0.15, 0.2) is 18.2 Å². The average molecular weight is 282 g/mol. The summed E-state index contributed by atoms with van der Waals surface area (Å²) in [5.41, 5.74) is 6.81. The Bertz CT molecular complexity index is 531. The molecule has 0 aromatic heterocycles. The molecule has 1 fully saturated rings. The topological polar surface area (TPSA) is 66.6 Å². The molecule has 0 spiro atoms. The lowest BCUT2D eigenvalue weighted by Crippen LogP contribution is -2.28. The van der Waals surface area contributed by atoms with E-state index in [4.69, 9.17) is 17.3 Å². The van der Waals surface area contributed by atoms with Crippen molar-refractivity contribution in [1.29, 1.82) is 0 Å². The molecule has 1 heterocycles. The molecule has 0 bridgehead atoms. The SMILES string of the molecule is CN(C)C(=O)c1cc(N2CC(N)CC2=O)ccc1Cl. The molecular formula is C13H16ClN3O2. The van der Waals surface area contributed by atoms with Crippen molar-refractivity contribution in [3.05, 3.63) is 28.8 Å². The number of anilines is 1. The third-order valence-electron chi connectivity index (χ3n) is 3.05. The molecule has 2 rings (SSSR count). The molecule has 1 aromatic carbocycles. The Labute approximate surface area is 116 Å². The van der Waals surface area contributed by atoms with E-state index in [0.717, 1.165) is 0 Å². The normalized spacial score (nSPS) is 18.8. The molecule has 5 nitrogen and oxygen atoms in total. The van der Waals surface area contributed by atoms with Crippen LogP contribution in [-0.4, -0.2) is 43.4 Å². The largest absolute Gasteiger partial charge is 0.345 e. The summed E-state index contributed by atoms with van der Waals surface area (Å²) in [5, 5.41) is 0.374. The molecule has 19 heavy (non-hydrogen) atoms. The number of carbonyl (C=O) groups is 2. The number of hydrogen-bond donors (Lipinski definition) is 1. The van der Waals surface area contributed by atoms with Crippen molar-refractivity contribution in [3.63, 3.8) is 0 Å². The smallest absolute Gasteiger partial charge is 0.254 e. The van der Waals surface area contributed by atoms with Gasteiger partial charge in [0.1, 0.15) is 0 Å². The summed E-state index contributed by atoms with van der Waals surface area (Å²) in [4.78, 5) is 26.8. The Balaban J connectivity index is 2.36. The lowest BCUT2D eigenvalue weighted by molar-refractivity contribution is -0.117. The van der Waals surface area contributed by atoms with E-state index in [2.05, 4.69) is 0 Å². The summed E-state index contributed by atoms with van der Waals surface area (Å²) in [7, 11) is 3.31. The van der Waals surface area contributed by atoms with Crippen LogP contribution in [0.25, 0.3) is 0 Å². The van der Waals surface area contributed by atoms with Gasteiger partial charge < -0.3 is 15.5 Å². The highest BCUT2D eigenvalue weighted by molar-refractivity contribution is 6.34. The summed E-state index contributed by atoms with van der Waals surface area (Å²) in [6.45, 7) is 0.468. The van der Waals surface area contributed by atoms with E-state index >= 15 is 0 Å². The summed E-state index contributed by atoms with van der Waals surface area (Å²) in [5.74, 6) is -0.221. The van der Waals surface area contributed by atoms with E-state index in [-0.39, 0.29) is 17.9 Å². The van der Waals surface area contributed by atoms with Crippen molar-refractivity contribution in [2.45, 2.75) is 12.5 Å². The number of nitrogens with two attached hydrogens (primary N) is 1. The number of halogens is 1. The Kier molecular flexibility index (Phi) is 3.78. The quantitative estimate of drug-likeness (QED) is 0.883. The first-order valence-corrected chi connectivity index (χ1v) is 6.35. The molecule has 1 aliphatic rings. The van der Waals surface area contributed by atoms with E-state index in [0.29, 0.717) is 29.2 Å². The van der Waals surface area contributed by atoms with E-state index in [1.54, 1.807) is 37.2 Å². The lowest BCUT2D eigenvalue weighted by Gasteiger charge is -2.18. The van der Waals surface area contributed by atoms with Crippen LogP contribution in [0, 0.1) is 0 Å². The zero-order valence-corrected chi connectivity index (χ0v) is 11.6. The van der Waals surface area contributed by atoms with Crippen molar-refractivity contribution in [1.82, 2.24) is 4.90 Å².